The molecule has 0 spiro atoms. The summed E-state index contributed by atoms with van der Waals surface area (Å²) in [4.78, 5) is 0. The molecule has 0 heterocycles. The Morgan fingerprint density at radius 1 is 0.375 bits per heavy atom. The van der Waals surface area contributed by atoms with Crippen LogP contribution in [0.4, 0.5) is 0 Å². The van der Waals surface area contributed by atoms with E-state index in [4.69, 9.17) is 0 Å². The summed E-state index contributed by atoms with van der Waals surface area (Å²) in [6.07, 6.45) is 4.93. The molecule has 0 aliphatic heterocycles. The number of rotatable bonds is 8. The van der Waals surface area contributed by atoms with Crippen LogP contribution in [-0.2, 0) is 0 Å². The normalized spacial score (nSPS) is 13.4. The van der Waals surface area contributed by atoms with E-state index in [1.807, 2.05) is 0 Å². The molecule has 1 aliphatic carbocycles. The van der Waals surface area contributed by atoms with E-state index in [0.29, 0.717) is 0 Å². The van der Waals surface area contributed by atoms with Crippen LogP contribution in [0.25, 0.3) is 0 Å². The molecule has 0 atom stereocenters. The average Bonchev–Trinajstić information content (AvgIpc) is 2.86. The van der Waals surface area contributed by atoms with Crippen LogP contribution in [-0.4, -0.2) is 12.3 Å². The molecule has 0 nitrogen and oxygen atoms in total. The van der Waals surface area contributed by atoms with Gasteiger partial charge in [-0.2, -0.15) is 0 Å². The van der Waals surface area contributed by atoms with E-state index < -0.39 is 0 Å². The molecule has 0 N–H and O–H groups in total. The topological polar surface area (TPSA) is 0 Å². The standard InChI is InChI=1S/C30H28P2/c1-5-13-27(14-6-1)31(28-15-7-2-8-16-28)23-25-21-22-26(25)24-32(29-17-9-3-10-18-29)30-19-11-4-12-20-30/h1-20H,21-24H2. The Balaban J connectivity index is 1.44. The Labute approximate surface area is 194 Å². The lowest BCUT2D eigenvalue weighted by atomic mass is 9.91. The SMILES string of the molecule is c1ccc(P(CC2=C(CP(c3ccccc3)c3ccccc3)CC2)c2ccccc2)cc1. The highest BCUT2D eigenvalue weighted by Crippen LogP contribution is 2.46. The minimum Gasteiger partial charge on any atom is -0.0654 e. The van der Waals surface area contributed by atoms with Gasteiger partial charge in [0.15, 0.2) is 0 Å². The number of allylic oxidation sites excluding steroid dienone is 2. The highest BCUT2D eigenvalue weighted by molar-refractivity contribution is 7.73. The minimum absolute atomic E-state index is 0.356. The second-order valence-electron chi connectivity index (χ2n) is 8.22. The maximum absolute atomic E-state index is 2.32. The van der Waals surface area contributed by atoms with Gasteiger partial charge in [0, 0.05) is 0 Å². The molecule has 4 aromatic carbocycles. The minimum atomic E-state index is -0.356. The van der Waals surface area contributed by atoms with Gasteiger partial charge in [-0.1, -0.05) is 132 Å². The molecule has 5 rings (SSSR count). The van der Waals surface area contributed by atoms with Gasteiger partial charge < -0.3 is 0 Å². The molecular formula is C30H28P2. The van der Waals surface area contributed by atoms with Crippen molar-refractivity contribution in [2.45, 2.75) is 12.8 Å². The van der Waals surface area contributed by atoms with E-state index in [-0.39, 0.29) is 15.8 Å². The van der Waals surface area contributed by atoms with Gasteiger partial charge in [0.05, 0.1) is 0 Å². The van der Waals surface area contributed by atoms with E-state index in [1.165, 1.54) is 46.4 Å². The third-order valence-corrected chi connectivity index (χ3v) is 11.3. The van der Waals surface area contributed by atoms with E-state index in [0.717, 1.165) is 0 Å². The monoisotopic (exact) mass is 450 g/mol. The van der Waals surface area contributed by atoms with Gasteiger partial charge in [-0.3, -0.25) is 0 Å². The summed E-state index contributed by atoms with van der Waals surface area (Å²) < 4.78 is 0. The van der Waals surface area contributed by atoms with Gasteiger partial charge >= 0.3 is 0 Å². The summed E-state index contributed by atoms with van der Waals surface area (Å²) in [5.74, 6) is 0. The summed E-state index contributed by atoms with van der Waals surface area (Å²) in [6, 6.07) is 44.6. The van der Waals surface area contributed by atoms with Gasteiger partial charge in [0.1, 0.15) is 0 Å². The predicted molar refractivity (Wildman–Crippen MR) is 144 cm³/mol. The Kier molecular flexibility index (Phi) is 6.93. The lowest BCUT2D eigenvalue weighted by Gasteiger charge is -2.31. The first-order chi connectivity index (χ1) is 15.9. The summed E-state index contributed by atoms with van der Waals surface area (Å²) in [5.41, 5.74) is 3.42. The fraction of sp³-hybridized carbons (Fsp3) is 0.133. The summed E-state index contributed by atoms with van der Waals surface area (Å²) in [7, 11) is -0.711. The van der Waals surface area contributed by atoms with Crippen LogP contribution in [0.15, 0.2) is 132 Å². The molecule has 0 aromatic heterocycles. The lowest BCUT2D eigenvalue weighted by molar-refractivity contribution is 0.806. The third kappa shape index (κ3) is 4.94. The van der Waals surface area contributed by atoms with Gasteiger partial charge in [-0.05, 0) is 62.2 Å². The molecule has 0 unspecified atom stereocenters. The van der Waals surface area contributed by atoms with Crippen molar-refractivity contribution in [3.63, 3.8) is 0 Å². The third-order valence-electron chi connectivity index (χ3n) is 6.20. The molecule has 0 saturated heterocycles. The van der Waals surface area contributed by atoms with E-state index in [2.05, 4.69) is 121 Å². The predicted octanol–water partition coefficient (Wildman–Crippen LogP) is 6.34. The van der Waals surface area contributed by atoms with Crippen LogP contribution >= 0.6 is 15.8 Å². The highest BCUT2D eigenvalue weighted by atomic mass is 31.1. The van der Waals surface area contributed by atoms with Crippen molar-refractivity contribution in [3.8, 4) is 0 Å². The molecule has 0 amide bonds. The molecule has 4 aromatic rings. The smallest absolute Gasteiger partial charge is 0.00310 e. The fourth-order valence-electron chi connectivity index (χ4n) is 4.34. The van der Waals surface area contributed by atoms with Crippen LogP contribution in [0, 0.1) is 0 Å². The van der Waals surface area contributed by atoms with Crippen LogP contribution < -0.4 is 21.2 Å². The Morgan fingerprint density at radius 2 is 0.625 bits per heavy atom. The van der Waals surface area contributed by atoms with Crippen LogP contribution in [0.2, 0.25) is 0 Å². The molecule has 0 radical (unpaired) electrons. The quantitative estimate of drug-likeness (QED) is 0.217. The molecule has 0 bridgehead atoms. The zero-order chi connectivity index (χ0) is 21.6. The van der Waals surface area contributed by atoms with Crippen molar-refractivity contribution in [3.05, 3.63) is 132 Å². The Morgan fingerprint density at radius 3 is 0.844 bits per heavy atom. The first kappa shape index (κ1) is 21.3. The summed E-state index contributed by atoms with van der Waals surface area (Å²) in [6.45, 7) is 0. The highest BCUT2D eigenvalue weighted by Gasteiger charge is 2.25. The molecule has 0 saturated carbocycles. The van der Waals surface area contributed by atoms with Crippen molar-refractivity contribution in [2.75, 3.05) is 12.3 Å². The van der Waals surface area contributed by atoms with Crippen LogP contribution in [0.5, 0.6) is 0 Å². The van der Waals surface area contributed by atoms with Crippen molar-refractivity contribution >= 4 is 37.1 Å². The number of hydrogen-bond acceptors (Lipinski definition) is 0. The molecular weight excluding hydrogens is 422 g/mol. The lowest BCUT2D eigenvalue weighted by Crippen LogP contribution is -2.21. The van der Waals surface area contributed by atoms with E-state index in [9.17, 15) is 0 Å². The summed E-state index contributed by atoms with van der Waals surface area (Å²) in [5, 5.41) is 5.95. The molecule has 0 fully saturated rings. The maximum atomic E-state index is 2.32. The van der Waals surface area contributed by atoms with Gasteiger partial charge in [-0.25, -0.2) is 0 Å². The second-order valence-corrected chi connectivity index (χ2v) is 12.6. The molecule has 158 valence electrons. The van der Waals surface area contributed by atoms with Crippen molar-refractivity contribution in [2.24, 2.45) is 0 Å². The van der Waals surface area contributed by atoms with Crippen LogP contribution in [0.3, 0.4) is 0 Å². The first-order valence-corrected chi connectivity index (χ1v) is 14.4. The average molecular weight is 451 g/mol. The fourth-order valence-corrected chi connectivity index (χ4v) is 9.32. The molecule has 1 aliphatic rings. The van der Waals surface area contributed by atoms with Gasteiger partial charge in [0.25, 0.3) is 0 Å². The van der Waals surface area contributed by atoms with Gasteiger partial charge in [-0.15, -0.1) is 0 Å². The second kappa shape index (κ2) is 10.4. The van der Waals surface area contributed by atoms with Crippen LogP contribution in [0.1, 0.15) is 12.8 Å². The molecule has 32 heavy (non-hydrogen) atoms. The summed E-state index contributed by atoms with van der Waals surface area (Å²) >= 11 is 0. The van der Waals surface area contributed by atoms with E-state index >= 15 is 0 Å². The number of hydrogen-bond donors (Lipinski definition) is 0. The largest absolute Gasteiger partial charge is 0.0654 e. The van der Waals surface area contributed by atoms with E-state index in [1.54, 1.807) is 11.1 Å². The number of benzene rings is 4. The molecule has 2 heteroatoms. The zero-order valence-electron chi connectivity index (χ0n) is 18.3. The van der Waals surface area contributed by atoms with Crippen molar-refractivity contribution in [1.82, 2.24) is 0 Å². The van der Waals surface area contributed by atoms with Gasteiger partial charge in [0.2, 0.25) is 0 Å². The zero-order valence-corrected chi connectivity index (χ0v) is 20.1. The van der Waals surface area contributed by atoms with Crippen molar-refractivity contribution < 1.29 is 0 Å². The first-order valence-electron chi connectivity index (χ1n) is 11.3. The Bertz CT molecular complexity index is 979. The Hall–Kier alpha value is -2.52. The van der Waals surface area contributed by atoms with Crippen molar-refractivity contribution in [1.29, 1.82) is 0 Å². The maximum Gasteiger partial charge on any atom is -0.00310 e.